The third kappa shape index (κ3) is 3.71. The summed E-state index contributed by atoms with van der Waals surface area (Å²) in [6.45, 7) is 0. The van der Waals surface area contributed by atoms with Crippen LogP contribution in [-0.2, 0) is 7.05 Å². The minimum Gasteiger partial charge on any atom is -0.357 e. The maximum atomic E-state index is 5.12. The molecule has 0 aliphatic rings. The second-order valence-electron chi connectivity index (χ2n) is 3.80. The highest BCUT2D eigenvalue weighted by Gasteiger charge is 1.94. The Morgan fingerprint density at radius 2 is 2.06 bits per heavy atom. The largest absolute Gasteiger partial charge is 0.357 e. The van der Waals surface area contributed by atoms with E-state index in [1.54, 1.807) is 6.21 Å². The van der Waals surface area contributed by atoms with E-state index in [0.717, 1.165) is 11.3 Å². The summed E-state index contributed by atoms with van der Waals surface area (Å²) in [4.78, 5) is 0. The average Bonchev–Trinajstić information content (AvgIpc) is 2.76. The lowest BCUT2D eigenvalue weighted by Crippen LogP contribution is -2.23. The Labute approximate surface area is 111 Å². The monoisotopic (exact) mass is 258 g/mol. The van der Waals surface area contributed by atoms with Gasteiger partial charge in [-0.3, -0.25) is 5.43 Å². The first-order valence-electron chi connectivity index (χ1n) is 5.51. The summed E-state index contributed by atoms with van der Waals surface area (Å²) < 4.78 is 1.96. The van der Waals surface area contributed by atoms with Gasteiger partial charge in [0, 0.05) is 30.7 Å². The molecule has 0 fully saturated rings. The molecule has 0 unspecified atom stereocenters. The van der Waals surface area contributed by atoms with Crippen molar-refractivity contribution in [2.45, 2.75) is 0 Å². The van der Waals surface area contributed by atoms with Crippen LogP contribution in [0.1, 0.15) is 5.56 Å². The van der Waals surface area contributed by atoms with Gasteiger partial charge in [-0.2, -0.15) is 5.10 Å². The van der Waals surface area contributed by atoms with Crippen molar-refractivity contribution in [1.29, 1.82) is 0 Å². The highest BCUT2D eigenvalue weighted by Crippen LogP contribution is 2.04. The van der Waals surface area contributed by atoms with Gasteiger partial charge in [0.2, 0.25) is 0 Å². The fraction of sp³-hybridized carbons (Fsp3) is 0.0769. The van der Waals surface area contributed by atoms with Crippen LogP contribution in [0.2, 0.25) is 0 Å². The van der Waals surface area contributed by atoms with Crippen LogP contribution in [0.15, 0.2) is 53.9 Å². The van der Waals surface area contributed by atoms with E-state index in [1.807, 2.05) is 60.4 Å². The van der Waals surface area contributed by atoms with Crippen molar-refractivity contribution >= 4 is 29.2 Å². The van der Waals surface area contributed by atoms with Crippen molar-refractivity contribution in [2.75, 3.05) is 5.32 Å². The van der Waals surface area contributed by atoms with Crippen LogP contribution < -0.4 is 10.7 Å². The van der Waals surface area contributed by atoms with Gasteiger partial charge < -0.3 is 9.88 Å². The van der Waals surface area contributed by atoms with Crippen LogP contribution in [0.25, 0.3) is 0 Å². The average molecular weight is 258 g/mol. The fourth-order valence-electron chi connectivity index (χ4n) is 1.45. The minimum absolute atomic E-state index is 0.466. The lowest BCUT2D eigenvalue weighted by molar-refractivity contribution is 0.927. The highest BCUT2D eigenvalue weighted by atomic mass is 32.1. The number of nitrogens with one attached hydrogen (secondary N) is 2. The first-order chi connectivity index (χ1) is 8.74. The van der Waals surface area contributed by atoms with E-state index in [1.165, 1.54) is 0 Å². The number of thiocarbonyl (C=S) groups is 1. The van der Waals surface area contributed by atoms with Crippen LogP contribution in [-0.4, -0.2) is 15.9 Å². The molecule has 18 heavy (non-hydrogen) atoms. The molecule has 92 valence electrons. The van der Waals surface area contributed by atoms with Crippen molar-refractivity contribution < 1.29 is 0 Å². The van der Waals surface area contributed by atoms with Gasteiger partial charge in [0.25, 0.3) is 0 Å². The van der Waals surface area contributed by atoms with Crippen LogP contribution in [0, 0.1) is 0 Å². The lowest BCUT2D eigenvalue weighted by atomic mass is 10.3. The number of aromatic nitrogens is 1. The smallest absolute Gasteiger partial charge is 0.191 e. The molecule has 1 heterocycles. The molecular weight excluding hydrogens is 244 g/mol. The van der Waals surface area contributed by atoms with E-state index >= 15 is 0 Å². The van der Waals surface area contributed by atoms with Gasteiger partial charge in [-0.05, 0) is 30.4 Å². The number of aryl methyl sites for hydroxylation is 1. The molecule has 0 saturated carbocycles. The maximum absolute atomic E-state index is 5.12. The van der Waals surface area contributed by atoms with E-state index in [2.05, 4.69) is 15.8 Å². The Balaban J connectivity index is 1.83. The molecule has 0 aliphatic carbocycles. The Morgan fingerprint density at radius 1 is 1.28 bits per heavy atom. The number of hydrogen-bond donors (Lipinski definition) is 2. The van der Waals surface area contributed by atoms with Gasteiger partial charge in [-0.25, -0.2) is 0 Å². The fourth-order valence-corrected chi connectivity index (χ4v) is 1.62. The van der Waals surface area contributed by atoms with Crippen LogP contribution in [0.5, 0.6) is 0 Å². The zero-order valence-corrected chi connectivity index (χ0v) is 10.8. The molecule has 1 aromatic carbocycles. The number of nitrogens with zero attached hydrogens (tertiary/aromatic N) is 2. The summed E-state index contributed by atoms with van der Waals surface area (Å²) in [5.41, 5.74) is 4.73. The number of benzene rings is 1. The van der Waals surface area contributed by atoms with E-state index in [-0.39, 0.29) is 0 Å². The molecule has 2 N–H and O–H groups in total. The molecule has 5 heteroatoms. The summed E-state index contributed by atoms with van der Waals surface area (Å²) in [6, 6.07) is 11.7. The van der Waals surface area contributed by atoms with Gasteiger partial charge in [0.05, 0.1) is 6.21 Å². The topological polar surface area (TPSA) is 41.4 Å². The van der Waals surface area contributed by atoms with Crippen LogP contribution in [0.4, 0.5) is 5.69 Å². The van der Waals surface area contributed by atoms with Gasteiger partial charge in [0.1, 0.15) is 0 Å². The third-order valence-corrected chi connectivity index (χ3v) is 2.46. The Morgan fingerprint density at radius 3 is 2.72 bits per heavy atom. The van der Waals surface area contributed by atoms with Crippen molar-refractivity contribution in [3.63, 3.8) is 0 Å². The molecule has 0 bridgehead atoms. The predicted molar refractivity (Wildman–Crippen MR) is 78.8 cm³/mol. The number of para-hydroxylation sites is 1. The molecule has 4 nitrogen and oxygen atoms in total. The SMILES string of the molecule is Cn1ccc(/C=N/NC(=S)Nc2ccccc2)c1. The van der Waals surface area contributed by atoms with Crippen molar-refractivity contribution in [3.05, 3.63) is 54.4 Å². The number of anilines is 1. The summed E-state index contributed by atoms with van der Waals surface area (Å²) in [5.74, 6) is 0. The van der Waals surface area contributed by atoms with Gasteiger partial charge in [-0.1, -0.05) is 18.2 Å². The highest BCUT2D eigenvalue weighted by molar-refractivity contribution is 7.80. The Hall–Kier alpha value is -2.14. The summed E-state index contributed by atoms with van der Waals surface area (Å²) in [7, 11) is 1.96. The van der Waals surface area contributed by atoms with E-state index < -0.39 is 0 Å². The first-order valence-corrected chi connectivity index (χ1v) is 5.92. The van der Waals surface area contributed by atoms with Gasteiger partial charge in [0.15, 0.2) is 5.11 Å². The quantitative estimate of drug-likeness (QED) is 0.504. The van der Waals surface area contributed by atoms with Crippen molar-refractivity contribution in [2.24, 2.45) is 12.1 Å². The van der Waals surface area contributed by atoms with E-state index in [0.29, 0.717) is 5.11 Å². The molecule has 0 spiro atoms. The molecular formula is C13H14N4S. The standard InChI is InChI=1S/C13H14N4S/c1-17-8-7-11(10-17)9-14-16-13(18)15-12-5-3-2-4-6-12/h2-10H,1H3,(H2,15,16,18)/b14-9+. The summed E-state index contributed by atoms with van der Waals surface area (Å²) in [6.07, 6.45) is 5.65. The molecule has 2 rings (SSSR count). The normalized spacial score (nSPS) is 10.5. The van der Waals surface area contributed by atoms with Crippen molar-refractivity contribution in [1.82, 2.24) is 9.99 Å². The zero-order chi connectivity index (χ0) is 12.8. The number of hydrazone groups is 1. The molecule has 0 atom stereocenters. The molecule has 0 saturated heterocycles. The predicted octanol–water partition coefficient (Wildman–Crippen LogP) is 2.35. The van der Waals surface area contributed by atoms with Crippen LogP contribution >= 0.6 is 12.2 Å². The molecule has 1 aromatic heterocycles. The third-order valence-electron chi connectivity index (χ3n) is 2.27. The molecule has 2 aromatic rings. The molecule has 0 aliphatic heterocycles. The second-order valence-corrected chi connectivity index (χ2v) is 4.21. The number of hydrogen-bond acceptors (Lipinski definition) is 2. The van der Waals surface area contributed by atoms with E-state index in [9.17, 15) is 0 Å². The minimum atomic E-state index is 0.466. The first kappa shape index (κ1) is 12.3. The molecule has 0 amide bonds. The summed E-state index contributed by atoms with van der Waals surface area (Å²) >= 11 is 5.12. The zero-order valence-electron chi connectivity index (χ0n) is 10.00. The van der Waals surface area contributed by atoms with Crippen molar-refractivity contribution in [3.8, 4) is 0 Å². The second kappa shape index (κ2) is 5.97. The number of rotatable bonds is 3. The van der Waals surface area contributed by atoms with Crippen LogP contribution in [0.3, 0.4) is 0 Å². The Bertz CT molecular complexity index is 545. The van der Waals surface area contributed by atoms with Gasteiger partial charge in [-0.15, -0.1) is 0 Å². The summed E-state index contributed by atoms with van der Waals surface area (Å²) in [5, 5.41) is 7.56. The van der Waals surface area contributed by atoms with Gasteiger partial charge >= 0.3 is 0 Å². The Kier molecular flexibility index (Phi) is 4.09. The lowest BCUT2D eigenvalue weighted by Gasteiger charge is -2.05. The van der Waals surface area contributed by atoms with E-state index in [4.69, 9.17) is 12.2 Å². The molecule has 0 radical (unpaired) electrons. The maximum Gasteiger partial charge on any atom is 0.191 e.